The number of nitrogens with zero attached hydrogens (tertiary/aromatic N) is 2. The van der Waals surface area contributed by atoms with Crippen LogP contribution in [0.15, 0.2) is 60.9 Å². The number of ether oxygens (including phenoxy) is 2. The lowest BCUT2D eigenvalue weighted by Crippen LogP contribution is -2.02. The van der Waals surface area contributed by atoms with Gasteiger partial charge < -0.3 is 19.8 Å². The van der Waals surface area contributed by atoms with E-state index in [1.165, 1.54) is 0 Å². The summed E-state index contributed by atoms with van der Waals surface area (Å²) in [5.41, 5.74) is 3.94. The standard InChI is InChI=1S/C20H16N4O2/c1-2-16(14-6-8-21-20-15(14)7-9-22-20)24-19(3-1)23-11-13-4-5-17-18(10-13)26-12-25-17/h1-10H,11-12H2,(H,21,22)(H,23,24). The highest BCUT2D eigenvalue weighted by Crippen LogP contribution is 2.32. The summed E-state index contributed by atoms with van der Waals surface area (Å²) in [6.07, 6.45) is 3.69. The minimum absolute atomic E-state index is 0.287. The van der Waals surface area contributed by atoms with E-state index in [0.29, 0.717) is 6.54 Å². The van der Waals surface area contributed by atoms with Crippen molar-refractivity contribution in [3.63, 3.8) is 0 Å². The van der Waals surface area contributed by atoms with Crippen molar-refractivity contribution in [1.29, 1.82) is 0 Å². The van der Waals surface area contributed by atoms with Crippen LogP contribution in [0.3, 0.4) is 0 Å². The van der Waals surface area contributed by atoms with Gasteiger partial charge in [0.15, 0.2) is 11.5 Å². The van der Waals surface area contributed by atoms with Crippen molar-refractivity contribution in [3.8, 4) is 22.8 Å². The van der Waals surface area contributed by atoms with Gasteiger partial charge in [0.25, 0.3) is 0 Å². The Hall–Kier alpha value is -3.54. The van der Waals surface area contributed by atoms with Gasteiger partial charge in [-0.1, -0.05) is 12.1 Å². The van der Waals surface area contributed by atoms with Gasteiger partial charge in [0.1, 0.15) is 11.5 Å². The number of nitrogens with one attached hydrogen (secondary N) is 2. The second-order valence-electron chi connectivity index (χ2n) is 6.05. The third-order valence-electron chi connectivity index (χ3n) is 4.40. The lowest BCUT2D eigenvalue weighted by atomic mass is 10.1. The zero-order valence-corrected chi connectivity index (χ0v) is 13.9. The van der Waals surface area contributed by atoms with Crippen LogP contribution in [0.25, 0.3) is 22.3 Å². The predicted molar refractivity (Wildman–Crippen MR) is 99.2 cm³/mol. The summed E-state index contributed by atoms with van der Waals surface area (Å²) in [4.78, 5) is 12.2. The fourth-order valence-corrected chi connectivity index (χ4v) is 3.11. The average molecular weight is 344 g/mol. The molecule has 0 atom stereocenters. The first-order chi connectivity index (χ1) is 12.9. The third-order valence-corrected chi connectivity index (χ3v) is 4.40. The molecule has 3 aromatic heterocycles. The van der Waals surface area contributed by atoms with E-state index in [9.17, 15) is 0 Å². The SMILES string of the molecule is c1cc(NCc2ccc3c(c2)OCO3)nc(-c2ccnc3[nH]ccc23)c1. The van der Waals surface area contributed by atoms with Crippen LogP contribution in [-0.4, -0.2) is 21.7 Å². The van der Waals surface area contributed by atoms with Crippen LogP contribution in [0.5, 0.6) is 11.5 Å². The normalized spacial score (nSPS) is 12.5. The van der Waals surface area contributed by atoms with E-state index in [2.05, 4.69) is 15.3 Å². The van der Waals surface area contributed by atoms with E-state index < -0.39 is 0 Å². The molecule has 0 unspecified atom stereocenters. The minimum Gasteiger partial charge on any atom is -0.454 e. The molecule has 0 saturated heterocycles. The van der Waals surface area contributed by atoms with Crippen LogP contribution >= 0.6 is 0 Å². The van der Waals surface area contributed by atoms with E-state index >= 15 is 0 Å². The van der Waals surface area contributed by atoms with Crippen LogP contribution < -0.4 is 14.8 Å². The Labute approximate surface area is 149 Å². The number of aromatic nitrogens is 3. The Balaban J connectivity index is 1.39. The lowest BCUT2D eigenvalue weighted by Gasteiger charge is -2.09. The Bertz CT molecular complexity index is 1090. The molecule has 0 bridgehead atoms. The van der Waals surface area contributed by atoms with Crippen LogP contribution in [-0.2, 0) is 6.54 Å². The molecule has 26 heavy (non-hydrogen) atoms. The first kappa shape index (κ1) is 14.8. The summed E-state index contributed by atoms with van der Waals surface area (Å²) >= 11 is 0. The molecule has 5 rings (SSSR count). The molecule has 0 radical (unpaired) electrons. The number of hydrogen-bond donors (Lipinski definition) is 2. The molecule has 4 heterocycles. The van der Waals surface area contributed by atoms with Crippen LogP contribution in [0.4, 0.5) is 5.82 Å². The van der Waals surface area contributed by atoms with Crippen molar-refractivity contribution < 1.29 is 9.47 Å². The van der Waals surface area contributed by atoms with Crippen molar-refractivity contribution in [2.75, 3.05) is 12.1 Å². The second kappa shape index (κ2) is 6.07. The van der Waals surface area contributed by atoms with Gasteiger partial charge in [-0.15, -0.1) is 0 Å². The molecule has 0 fully saturated rings. The Morgan fingerprint density at radius 1 is 1.04 bits per heavy atom. The summed E-state index contributed by atoms with van der Waals surface area (Å²) in [5.74, 6) is 2.40. The first-order valence-electron chi connectivity index (χ1n) is 8.39. The van der Waals surface area contributed by atoms with Gasteiger partial charge in [0, 0.05) is 29.9 Å². The highest BCUT2D eigenvalue weighted by Gasteiger charge is 2.13. The van der Waals surface area contributed by atoms with Gasteiger partial charge in [-0.25, -0.2) is 9.97 Å². The highest BCUT2D eigenvalue weighted by molar-refractivity contribution is 5.91. The summed E-state index contributed by atoms with van der Waals surface area (Å²) in [7, 11) is 0. The number of fused-ring (bicyclic) bond motifs is 2. The number of anilines is 1. The van der Waals surface area contributed by atoms with Gasteiger partial charge in [0.05, 0.1) is 5.69 Å². The fraction of sp³-hybridized carbons (Fsp3) is 0.100. The molecule has 1 aliphatic heterocycles. The van der Waals surface area contributed by atoms with Gasteiger partial charge in [-0.3, -0.25) is 0 Å². The minimum atomic E-state index is 0.287. The second-order valence-corrected chi connectivity index (χ2v) is 6.05. The number of rotatable bonds is 4. The molecule has 0 spiro atoms. The number of hydrogen-bond acceptors (Lipinski definition) is 5. The summed E-state index contributed by atoms with van der Waals surface area (Å²) < 4.78 is 10.8. The third kappa shape index (κ3) is 2.61. The Morgan fingerprint density at radius 3 is 3.00 bits per heavy atom. The topological polar surface area (TPSA) is 72.1 Å². The molecule has 0 saturated carbocycles. The van der Waals surface area contributed by atoms with Crippen molar-refractivity contribution >= 4 is 16.9 Å². The highest BCUT2D eigenvalue weighted by atomic mass is 16.7. The van der Waals surface area contributed by atoms with Gasteiger partial charge in [-0.05, 0) is 42.0 Å². The maximum Gasteiger partial charge on any atom is 0.231 e. The largest absolute Gasteiger partial charge is 0.454 e. The molecule has 0 aliphatic carbocycles. The number of aromatic amines is 1. The summed E-state index contributed by atoms with van der Waals surface area (Å²) in [6, 6.07) is 15.9. The lowest BCUT2D eigenvalue weighted by molar-refractivity contribution is 0.174. The van der Waals surface area contributed by atoms with E-state index in [1.54, 1.807) is 6.20 Å². The fourth-order valence-electron chi connectivity index (χ4n) is 3.11. The molecule has 1 aromatic carbocycles. The van der Waals surface area contributed by atoms with E-state index in [4.69, 9.17) is 14.5 Å². The molecule has 6 heteroatoms. The molecule has 0 amide bonds. The van der Waals surface area contributed by atoms with Crippen molar-refractivity contribution in [2.45, 2.75) is 6.54 Å². The quantitative estimate of drug-likeness (QED) is 0.586. The van der Waals surface area contributed by atoms with E-state index in [-0.39, 0.29) is 6.79 Å². The number of pyridine rings is 2. The van der Waals surface area contributed by atoms with Crippen LogP contribution in [0.2, 0.25) is 0 Å². The van der Waals surface area contributed by atoms with E-state index in [0.717, 1.165) is 45.2 Å². The van der Waals surface area contributed by atoms with Crippen molar-refractivity contribution in [1.82, 2.24) is 15.0 Å². The molecule has 6 nitrogen and oxygen atoms in total. The summed E-state index contributed by atoms with van der Waals surface area (Å²) in [5, 5.41) is 4.44. The summed E-state index contributed by atoms with van der Waals surface area (Å²) in [6.45, 7) is 0.943. The number of benzene rings is 1. The Morgan fingerprint density at radius 2 is 2.00 bits per heavy atom. The molecular weight excluding hydrogens is 328 g/mol. The zero-order valence-electron chi connectivity index (χ0n) is 13.9. The van der Waals surface area contributed by atoms with Crippen LogP contribution in [0, 0.1) is 0 Å². The van der Waals surface area contributed by atoms with Gasteiger partial charge in [0.2, 0.25) is 6.79 Å². The maximum absolute atomic E-state index is 5.43. The maximum atomic E-state index is 5.43. The van der Waals surface area contributed by atoms with E-state index in [1.807, 2.05) is 54.7 Å². The molecule has 1 aliphatic rings. The van der Waals surface area contributed by atoms with Crippen LogP contribution in [0.1, 0.15) is 5.56 Å². The molecule has 4 aromatic rings. The molecule has 2 N–H and O–H groups in total. The monoisotopic (exact) mass is 344 g/mol. The average Bonchev–Trinajstić information content (AvgIpc) is 3.35. The molecule has 128 valence electrons. The Kier molecular flexibility index (Phi) is 3.45. The van der Waals surface area contributed by atoms with Crippen molar-refractivity contribution in [3.05, 3.63) is 66.5 Å². The molecular formula is C20H16N4O2. The zero-order chi connectivity index (χ0) is 17.3. The van der Waals surface area contributed by atoms with Gasteiger partial charge in [-0.2, -0.15) is 0 Å². The number of H-pyrrole nitrogens is 1. The van der Waals surface area contributed by atoms with Gasteiger partial charge >= 0.3 is 0 Å². The predicted octanol–water partition coefficient (Wildman–Crippen LogP) is 3.97. The first-order valence-corrected chi connectivity index (χ1v) is 8.39. The van der Waals surface area contributed by atoms with Crippen molar-refractivity contribution in [2.24, 2.45) is 0 Å². The smallest absolute Gasteiger partial charge is 0.231 e.